The van der Waals surface area contributed by atoms with E-state index in [1.807, 2.05) is 24.3 Å². The van der Waals surface area contributed by atoms with E-state index in [-0.39, 0.29) is 6.42 Å². The predicted molar refractivity (Wildman–Crippen MR) is 96.3 cm³/mol. The molecule has 0 spiro atoms. The summed E-state index contributed by atoms with van der Waals surface area (Å²) in [6.07, 6.45) is 0.147. The van der Waals surface area contributed by atoms with Gasteiger partial charge in [0.05, 0.1) is 16.6 Å². The number of pyridine rings is 1. The summed E-state index contributed by atoms with van der Waals surface area (Å²) >= 11 is 6.65. The minimum Gasteiger partial charge on any atom is -0.281 e. The zero-order valence-electron chi connectivity index (χ0n) is 13.7. The SMILES string of the molecule is Cc1c(Cc2ccc(F)cc2F)c(Cl)n2c(nc3ccccc32)c1C#N. The van der Waals surface area contributed by atoms with Crippen LogP contribution >= 0.6 is 11.6 Å². The van der Waals surface area contributed by atoms with Gasteiger partial charge >= 0.3 is 0 Å². The molecular weight excluding hydrogens is 356 g/mol. The quantitative estimate of drug-likeness (QED) is 0.457. The molecule has 0 N–H and O–H groups in total. The summed E-state index contributed by atoms with van der Waals surface area (Å²) in [4.78, 5) is 4.52. The first-order chi connectivity index (χ1) is 12.5. The van der Waals surface area contributed by atoms with E-state index in [1.54, 1.807) is 11.3 Å². The molecule has 0 aliphatic heterocycles. The van der Waals surface area contributed by atoms with Crippen LogP contribution in [0.4, 0.5) is 8.78 Å². The topological polar surface area (TPSA) is 41.1 Å². The van der Waals surface area contributed by atoms with Crippen LogP contribution in [0.3, 0.4) is 0 Å². The molecule has 128 valence electrons. The van der Waals surface area contributed by atoms with E-state index in [0.29, 0.717) is 33.1 Å². The fourth-order valence-electron chi connectivity index (χ4n) is 3.20. The van der Waals surface area contributed by atoms with Crippen molar-refractivity contribution >= 4 is 28.3 Å². The van der Waals surface area contributed by atoms with Crippen molar-refractivity contribution < 1.29 is 8.78 Å². The Balaban J connectivity index is 2.03. The number of benzene rings is 2. The van der Waals surface area contributed by atoms with E-state index in [4.69, 9.17) is 11.6 Å². The molecule has 0 bridgehead atoms. The smallest absolute Gasteiger partial charge is 0.157 e. The minimum absolute atomic E-state index is 0.147. The van der Waals surface area contributed by atoms with Gasteiger partial charge in [0.2, 0.25) is 0 Å². The van der Waals surface area contributed by atoms with Crippen LogP contribution in [0, 0.1) is 29.9 Å². The summed E-state index contributed by atoms with van der Waals surface area (Å²) in [5.74, 6) is -1.28. The highest BCUT2D eigenvalue weighted by molar-refractivity contribution is 6.31. The Labute approximate surface area is 153 Å². The van der Waals surface area contributed by atoms with Crippen LogP contribution in [0.1, 0.15) is 22.3 Å². The van der Waals surface area contributed by atoms with Crippen LogP contribution in [0.2, 0.25) is 5.15 Å². The van der Waals surface area contributed by atoms with Crippen molar-refractivity contribution in [2.24, 2.45) is 0 Å². The van der Waals surface area contributed by atoms with Crippen LogP contribution in [0.25, 0.3) is 16.7 Å². The second kappa shape index (κ2) is 6.08. The Hall–Kier alpha value is -2.97. The molecule has 0 fully saturated rings. The van der Waals surface area contributed by atoms with Gasteiger partial charge in [0.25, 0.3) is 0 Å². The largest absolute Gasteiger partial charge is 0.281 e. The summed E-state index contributed by atoms with van der Waals surface area (Å²) in [5.41, 5.74) is 3.92. The van der Waals surface area contributed by atoms with Crippen molar-refractivity contribution in [3.05, 3.63) is 81.5 Å². The zero-order valence-corrected chi connectivity index (χ0v) is 14.5. The number of para-hydroxylation sites is 2. The van der Waals surface area contributed by atoms with Gasteiger partial charge in [0.1, 0.15) is 22.9 Å². The van der Waals surface area contributed by atoms with Gasteiger partial charge in [-0.05, 0) is 41.8 Å². The lowest BCUT2D eigenvalue weighted by Crippen LogP contribution is -2.04. The molecule has 0 atom stereocenters. The number of hydrogen-bond acceptors (Lipinski definition) is 2. The average Bonchev–Trinajstić information content (AvgIpc) is 3.00. The van der Waals surface area contributed by atoms with Crippen LogP contribution < -0.4 is 0 Å². The minimum atomic E-state index is -0.644. The maximum absolute atomic E-state index is 14.1. The van der Waals surface area contributed by atoms with E-state index in [9.17, 15) is 14.0 Å². The van der Waals surface area contributed by atoms with Gasteiger partial charge in [0, 0.05) is 12.5 Å². The Morgan fingerprint density at radius 2 is 1.96 bits per heavy atom. The molecule has 2 aromatic carbocycles. The van der Waals surface area contributed by atoms with Gasteiger partial charge in [-0.25, -0.2) is 13.8 Å². The molecule has 26 heavy (non-hydrogen) atoms. The maximum atomic E-state index is 14.1. The number of fused-ring (bicyclic) bond motifs is 3. The normalized spacial score (nSPS) is 11.2. The van der Waals surface area contributed by atoms with Crippen molar-refractivity contribution in [3.8, 4) is 6.07 Å². The fourth-order valence-corrected chi connectivity index (χ4v) is 3.58. The summed E-state index contributed by atoms with van der Waals surface area (Å²) in [6, 6.07) is 13.0. The molecule has 6 heteroatoms. The number of imidazole rings is 1. The molecule has 0 saturated carbocycles. The Kier molecular flexibility index (Phi) is 3.86. The maximum Gasteiger partial charge on any atom is 0.157 e. The highest BCUT2D eigenvalue weighted by atomic mass is 35.5. The van der Waals surface area contributed by atoms with Gasteiger partial charge in [0.15, 0.2) is 5.65 Å². The van der Waals surface area contributed by atoms with Crippen molar-refractivity contribution in [2.45, 2.75) is 13.3 Å². The van der Waals surface area contributed by atoms with Crippen molar-refractivity contribution in [2.75, 3.05) is 0 Å². The molecule has 0 unspecified atom stereocenters. The molecule has 2 aromatic heterocycles. The molecule has 2 heterocycles. The monoisotopic (exact) mass is 367 g/mol. The first-order valence-electron chi connectivity index (χ1n) is 7.93. The lowest BCUT2D eigenvalue weighted by atomic mass is 9.99. The van der Waals surface area contributed by atoms with Crippen LogP contribution in [0.15, 0.2) is 42.5 Å². The van der Waals surface area contributed by atoms with Crippen LogP contribution in [-0.2, 0) is 6.42 Å². The Morgan fingerprint density at radius 1 is 1.19 bits per heavy atom. The molecule has 4 aromatic rings. The highest BCUT2D eigenvalue weighted by Gasteiger charge is 2.20. The highest BCUT2D eigenvalue weighted by Crippen LogP contribution is 2.32. The molecular formula is C20H12ClF2N3. The third-order valence-electron chi connectivity index (χ3n) is 4.55. The summed E-state index contributed by atoms with van der Waals surface area (Å²) in [7, 11) is 0. The average molecular weight is 368 g/mol. The first-order valence-corrected chi connectivity index (χ1v) is 8.31. The van der Waals surface area contributed by atoms with Crippen LogP contribution in [-0.4, -0.2) is 9.38 Å². The molecule has 0 aliphatic carbocycles. The third-order valence-corrected chi connectivity index (χ3v) is 4.95. The summed E-state index contributed by atoms with van der Waals surface area (Å²) < 4.78 is 29.0. The van der Waals surface area contributed by atoms with E-state index >= 15 is 0 Å². The Bertz CT molecular complexity index is 1220. The van der Waals surface area contributed by atoms with Crippen molar-refractivity contribution in [3.63, 3.8) is 0 Å². The second-order valence-corrected chi connectivity index (χ2v) is 6.41. The number of nitrogens with zero attached hydrogens (tertiary/aromatic N) is 3. The standard InChI is InChI=1S/C20H12ClF2N3/c1-11-14(8-12-6-7-13(22)9-16(12)23)19(21)26-18-5-3-2-4-17(18)25-20(26)15(11)10-24/h2-7,9H,8H2,1H3. The summed E-state index contributed by atoms with van der Waals surface area (Å²) in [5, 5.41) is 10.0. The van der Waals surface area contributed by atoms with Gasteiger partial charge < -0.3 is 0 Å². The molecule has 0 radical (unpaired) electrons. The lowest BCUT2D eigenvalue weighted by Gasteiger charge is -2.14. The number of rotatable bonds is 2. The molecule has 0 amide bonds. The zero-order chi connectivity index (χ0) is 18.4. The predicted octanol–water partition coefficient (Wildman–Crippen LogP) is 5.19. The van der Waals surface area contributed by atoms with E-state index < -0.39 is 11.6 Å². The van der Waals surface area contributed by atoms with Crippen molar-refractivity contribution in [1.29, 1.82) is 5.26 Å². The first kappa shape index (κ1) is 16.5. The number of halogens is 3. The molecule has 3 nitrogen and oxygen atoms in total. The Morgan fingerprint density at radius 3 is 2.69 bits per heavy atom. The van der Waals surface area contributed by atoms with Crippen LogP contribution in [0.5, 0.6) is 0 Å². The number of nitriles is 1. The van der Waals surface area contributed by atoms with E-state index in [2.05, 4.69) is 11.1 Å². The van der Waals surface area contributed by atoms with E-state index in [0.717, 1.165) is 17.1 Å². The number of hydrogen-bond donors (Lipinski definition) is 0. The van der Waals surface area contributed by atoms with Gasteiger partial charge in [-0.1, -0.05) is 29.8 Å². The lowest BCUT2D eigenvalue weighted by molar-refractivity contribution is 0.574. The third kappa shape index (κ3) is 2.42. The molecule has 0 saturated heterocycles. The second-order valence-electron chi connectivity index (χ2n) is 6.05. The van der Waals surface area contributed by atoms with Crippen molar-refractivity contribution in [1.82, 2.24) is 9.38 Å². The van der Waals surface area contributed by atoms with Gasteiger partial charge in [-0.15, -0.1) is 0 Å². The number of aromatic nitrogens is 2. The summed E-state index contributed by atoms with van der Waals surface area (Å²) in [6.45, 7) is 1.76. The van der Waals surface area contributed by atoms with E-state index in [1.165, 1.54) is 12.1 Å². The van der Waals surface area contributed by atoms with Gasteiger partial charge in [-0.3, -0.25) is 4.40 Å². The molecule has 0 aliphatic rings. The van der Waals surface area contributed by atoms with Gasteiger partial charge in [-0.2, -0.15) is 5.26 Å². The molecule has 4 rings (SSSR count). The fraction of sp³-hybridized carbons (Fsp3) is 0.100.